The maximum absolute atomic E-state index is 12.2. The molecule has 1 aromatic carbocycles. The molecule has 0 unspecified atom stereocenters. The van der Waals surface area contributed by atoms with Crippen LogP contribution in [0.2, 0.25) is 5.02 Å². The van der Waals surface area contributed by atoms with Gasteiger partial charge in [0.05, 0.1) is 10.6 Å². The molecular formula is C16H20ClNO5. The van der Waals surface area contributed by atoms with Crippen LogP contribution in [-0.4, -0.2) is 36.7 Å². The van der Waals surface area contributed by atoms with Gasteiger partial charge >= 0.3 is 5.97 Å². The molecule has 0 aromatic heterocycles. The van der Waals surface area contributed by atoms with Crippen LogP contribution in [-0.2, 0) is 9.53 Å². The van der Waals surface area contributed by atoms with Crippen LogP contribution in [0.15, 0.2) is 12.1 Å². The van der Waals surface area contributed by atoms with E-state index in [4.69, 9.17) is 25.8 Å². The molecule has 1 heterocycles. The first-order valence-corrected chi connectivity index (χ1v) is 7.67. The molecular weight excluding hydrogens is 322 g/mol. The average Bonchev–Trinajstić information content (AvgIpc) is 2.45. The van der Waals surface area contributed by atoms with Crippen LogP contribution in [0.25, 0.3) is 0 Å². The highest BCUT2D eigenvalue weighted by atomic mass is 35.5. The van der Waals surface area contributed by atoms with Crippen LogP contribution in [0.5, 0.6) is 11.5 Å². The minimum atomic E-state index is -0.922. The lowest BCUT2D eigenvalue weighted by molar-refractivity contribution is -0.130. The molecule has 1 aromatic rings. The molecule has 126 valence electrons. The zero-order chi connectivity index (χ0) is 17.2. The first-order valence-electron chi connectivity index (χ1n) is 7.29. The van der Waals surface area contributed by atoms with E-state index in [2.05, 4.69) is 5.32 Å². The number of halogens is 1. The van der Waals surface area contributed by atoms with Crippen molar-refractivity contribution in [2.45, 2.75) is 39.3 Å². The van der Waals surface area contributed by atoms with Crippen molar-refractivity contribution in [3.05, 3.63) is 22.7 Å². The lowest BCUT2D eigenvalue weighted by Gasteiger charge is -2.23. The Bertz CT molecular complexity index is 624. The quantitative estimate of drug-likeness (QED) is 0.855. The third kappa shape index (κ3) is 4.51. The van der Waals surface area contributed by atoms with E-state index in [0.29, 0.717) is 24.7 Å². The summed E-state index contributed by atoms with van der Waals surface area (Å²) in [4.78, 5) is 24.2. The van der Waals surface area contributed by atoms with Gasteiger partial charge in [-0.05, 0) is 39.8 Å². The summed E-state index contributed by atoms with van der Waals surface area (Å²) < 4.78 is 16.0. The van der Waals surface area contributed by atoms with Crippen molar-refractivity contribution in [1.82, 2.24) is 5.32 Å². The molecule has 23 heavy (non-hydrogen) atoms. The van der Waals surface area contributed by atoms with Crippen LogP contribution in [0.3, 0.4) is 0 Å². The highest BCUT2D eigenvalue weighted by Gasteiger charge is 2.25. The topological polar surface area (TPSA) is 73.9 Å². The van der Waals surface area contributed by atoms with Gasteiger partial charge in [-0.25, -0.2) is 4.79 Å². The van der Waals surface area contributed by atoms with E-state index in [0.717, 1.165) is 0 Å². The molecule has 7 heteroatoms. The second-order valence-corrected chi connectivity index (χ2v) is 6.68. The highest BCUT2D eigenvalue weighted by molar-refractivity contribution is 6.32. The van der Waals surface area contributed by atoms with Gasteiger partial charge < -0.3 is 19.5 Å². The molecule has 1 N–H and O–H groups in total. The number of nitrogens with one attached hydrogen (secondary N) is 1. The van der Waals surface area contributed by atoms with Gasteiger partial charge in [-0.3, -0.25) is 4.79 Å². The van der Waals surface area contributed by atoms with E-state index in [1.54, 1.807) is 0 Å². The molecule has 0 aliphatic carbocycles. The van der Waals surface area contributed by atoms with Crippen molar-refractivity contribution in [3.63, 3.8) is 0 Å². The number of hydrogen-bond donors (Lipinski definition) is 1. The van der Waals surface area contributed by atoms with E-state index in [1.165, 1.54) is 19.1 Å². The summed E-state index contributed by atoms with van der Waals surface area (Å²) in [6.45, 7) is 7.84. The molecule has 0 spiro atoms. The highest BCUT2D eigenvalue weighted by Crippen LogP contribution is 2.38. The third-order valence-electron chi connectivity index (χ3n) is 2.98. The SMILES string of the molecule is C[C@H](OC(=O)c1cc(Cl)c2c(c1)OCCO2)C(=O)NC(C)(C)C. The fraction of sp³-hybridized carbons (Fsp3) is 0.500. The van der Waals surface area contributed by atoms with Gasteiger partial charge in [0.1, 0.15) is 13.2 Å². The van der Waals surface area contributed by atoms with Crippen molar-refractivity contribution in [1.29, 1.82) is 0 Å². The maximum atomic E-state index is 12.2. The summed E-state index contributed by atoms with van der Waals surface area (Å²) in [5.41, 5.74) is -0.201. The summed E-state index contributed by atoms with van der Waals surface area (Å²) >= 11 is 6.09. The molecule has 2 rings (SSSR count). The molecule has 1 atom stereocenters. The number of esters is 1. The van der Waals surface area contributed by atoms with E-state index in [-0.39, 0.29) is 16.5 Å². The molecule has 0 fully saturated rings. The molecule has 0 radical (unpaired) electrons. The predicted octanol–water partition coefficient (Wildman–Crippen LogP) is 2.57. The number of benzene rings is 1. The van der Waals surface area contributed by atoms with Gasteiger partial charge in [0.15, 0.2) is 17.6 Å². The van der Waals surface area contributed by atoms with Crippen molar-refractivity contribution in [2.75, 3.05) is 13.2 Å². The predicted molar refractivity (Wildman–Crippen MR) is 85.2 cm³/mol. The molecule has 6 nitrogen and oxygen atoms in total. The van der Waals surface area contributed by atoms with Crippen LogP contribution in [0, 0.1) is 0 Å². The van der Waals surface area contributed by atoms with Gasteiger partial charge in [0, 0.05) is 5.54 Å². The Balaban J connectivity index is 2.09. The Labute approximate surface area is 140 Å². The molecule has 1 aliphatic heterocycles. The van der Waals surface area contributed by atoms with E-state index >= 15 is 0 Å². The first kappa shape index (κ1) is 17.4. The smallest absolute Gasteiger partial charge is 0.339 e. The lowest BCUT2D eigenvalue weighted by Crippen LogP contribution is -2.46. The molecule has 1 aliphatic rings. The Morgan fingerprint density at radius 3 is 2.57 bits per heavy atom. The number of hydrogen-bond acceptors (Lipinski definition) is 5. The zero-order valence-corrected chi connectivity index (χ0v) is 14.3. The Kier molecular flexibility index (Phi) is 5.04. The van der Waals surface area contributed by atoms with E-state index < -0.39 is 17.6 Å². The number of carbonyl (C=O) groups excluding carboxylic acids is 2. The monoisotopic (exact) mass is 341 g/mol. The third-order valence-corrected chi connectivity index (χ3v) is 3.26. The van der Waals surface area contributed by atoms with Gasteiger partial charge in [0.25, 0.3) is 5.91 Å². The van der Waals surface area contributed by atoms with Gasteiger partial charge in [-0.15, -0.1) is 0 Å². The fourth-order valence-corrected chi connectivity index (χ4v) is 2.25. The zero-order valence-electron chi connectivity index (χ0n) is 13.6. The number of amides is 1. The molecule has 1 amide bonds. The van der Waals surface area contributed by atoms with Crippen molar-refractivity contribution in [3.8, 4) is 11.5 Å². The Morgan fingerprint density at radius 2 is 1.91 bits per heavy atom. The average molecular weight is 342 g/mol. The minimum absolute atomic E-state index is 0.203. The van der Waals surface area contributed by atoms with E-state index in [9.17, 15) is 9.59 Å². The lowest BCUT2D eigenvalue weighted by atomic mass is 10.1. The number of fused-ring (bicyclic) bond motifs is 1. The summed E-state index contributed by atoms with van der Waals surface area (Å²) in [6, 6.07) is 2.93. The van der Waals surface area contributed by atoms with Crippen LogP contribution in [0.1, 0.15) is 38.1 Å². The summed E-state index contributed by atoms with van der Waals surface area (Å²) in [7, 11) is 0. The van der Waals surface area contributed by atoms with Crippen LogP contribution < -0.4 is 14.8 Å². The molecule has 0 saturated carbocycles. The second-order valence-electron chi connectivity index (χ2n) is 6.27. The minimum Gasteiger partial charge on any atom is -0.486 e. The van der Waals surface area contributed by atoms with Gasteiger partial charge in [-0.2, -0.15) is 0 Å². The van der Waals surface area contributed by atoms with Gasteiger partial charge in [-0.1, -0.05) is 11.6 Å². The van der Waals surface area contributed by atoms with Gasteiger partial charge in [0.2, 0.25) is 0 Å². The number of rotatable bonds is 3. The van der Waals surface area contributed by atoms with Crippen LogP contribution in [0.4, 0.5) is 0 Å². The Hall–Kier alpha value is -1.95. The normalized spacial score (nSPS) is 14.8. The largest absolute Gasteiger partial charge is 0.486 e. The summed E-state index contributed by atoms with van der Waals surface area (Å²) in [5, 5.41) is 3.01. The maximum Gasteiger partial charge on any atom is 0.339 e. The van der Waals surface area contributed by atoms with E-state index in [1.807, 2.05) is 20.8 Å². The molecule has 0 saturated heterocycles. The molecule has 0 bridgehead atoms. The van der Waals surface area contributed by atoms with Crippen molar-refractivity contribution in [2.24, 2.45) is 0 Å². The summed E-state index contributed by atoms with van der Waals surface area (Å²) in [5.74, 6) is -0.217. The number of ether oxygens (including phenoxy) is 3. The van der Waals surface area contributed by atoms with Crippen molar-refractivity contribution < 1.29 is 23.8 Å². The Morgan fingerprint density at radius 1 is 1.26 bits per heavy atom. The summed E-state index contributed by atoms with van der Waals surface area (Å²) in [6.07, 6.45) is -0.922. The first-order chi connectivity index (χ1) is 10.7. The fourth-order valence-electron chi connectivity index (χ4n) is 1.98. The van der Waals surface area contributed by atoms with Crippen LogP contribution >= 0.6 is 11.6 Å². The standard InChI is InChI=1S/C16H20ClNO5/c1-9(14(19)18-16(2,3)4)23-15(20)10-7-11(17)13-12(8-10)21-5-6-22-13/h7-9H,5-6H2,1-4H3,(H,18,19)/t9-/m0/s1. The van der Waals surface area contributed by atoms with Crippen molar-refractivity contribution >= 4 is 23.5 Å². The second kappa shape index (κ2) is 6.66. The number of carbonyl (C=O) groups is 2.